The van der Waals surface area contributed by atoms with Crippen molar-refractivity contribution < 1.29 is 36.1 Å². The van der Waals surface area contributed by atoms with Crippen LogP contribution in [0, 0.1) is 12.2 Å². The molecule has 2 N–H and O–H groups in total. The minimum absolute atomic E-state index is 0. The maximum Gasteiger partial charge on any atom is 0.0319 e. The van der Waals surface area contributed by atoms with Crippen LogP contribution in [-0.2, 0) is 25.8 Å². The monoisotopic (exact) mass is 458 g/mol. The summed E-state index contributed by atoms with van der Waals surface area (Å²) in [5.41, 5.74) is 2.79. The molecule has 0 radical (unpaired) electrons. The van der Waals surface area contributed by atoms with E-state index in [1.54, 1.807) is 0 Å². The minimum atomic E-state index is 0. The van der Waals surface area contributed by atoms with Gasteiger partial charge in [-0.3, -0.25) is 12.2 Å². The number of aliphatic hydroxyl groups excluding tert-OH is 2. The van der Waals surface area contributed by atoms with E-state index in [0.717, 1.165) is 27.1 Å². The smallest absolute Gasteiger partial charge is 0.0319 e. The second kappa shape index (κ2) is 22.0. The van der Waals surface area contributed by atoms with Gasteiger partial charge in [-0.25, -0.2) is 23.3 Å². The molecule has 0 aromatic heterocycles. The fourth-order valence-electron chi connectivity index (χ4n) is 1.78. The summed E-state index contributed by atoms with van der Waals surface area (Å²) < 4.78 is 0. The van der Waals surface area contributed by atoms with Crippen molar-refractivity contribution in [3.8, 4) is 0 Å². The molecule has 0 atom stereocenters. The normalized spacial score (nSPS) is 13.4. The van der Waals surface area contributed by atoms with E-state index in [2.05, 4.69) is 50.3 Å². The third kappa shape index (κ3) is 16.0. The van der Waals surface area contributed by atoms with Crippen LogP contribution in [0.2, 0.25) is 0 Å². The van der Waals surface area contributed by atoms with E-state index < -0.39 is 0 Å². The van der Waals surface area contributed by atoms with E-state index >= 15 is 0 Å². The molecule has 2 aliphatic carbocycles. The average Bonchev–Trinajstić information content (AvgIpc) is 3.19. The van der Waals surface area contributed by atoms with Crippen LogP contribution < -0.4 is 0 Å². The van der Waals surface area contributed by atoms with E-state index in [0.29, 0.717) is 0 Å². The molecular weight excluding hydrogens is 427 g/mol. The molecule has 120 valence electrons. The fourth-order valence-corrected chi connectivity index (χ4v) is 1.78. The van der Waals surface area contributed by atoms with E-state index in [4.69, 9.17) is 10.2 Å². The third-order valence-electron chi connectivity index (χ3n) is 2.57. The maximum absolute atomic E-state index is 7.00. The first-order valence-corrected chi connectivity index (χ1v) is 7.28. The summed E-state index contributed by atoms with van der Waals surface area (Å²) in [6, 6.07) is 0. The summed E-state index contributed by atoms with van der Waals surface area (Å²) in [4.78, 5) is 0. The summed E-state index contributed by atoms with van der Waals surface area (Å²) >= 11 is 0. The molecule has 2 aliphatic rings. The molecular formula is C18H30HfO2-2. The van der Waals surface area contributed by atoms with Crippen molar-refractivity contribution in [1.29, 1.82) is 0 Å². The molecule has 0 spiro atoms. The standard InChI is InChI=1S/2C8H11.2CH4O.Hf/c2*1-2-5-8-6-3-4-7-8;2*1-2;/h2*3,6H,2,4-5H2,1H3;2*2H,1H3;/q2*-1;;;. The summed E-state index contributed by atoms with van der Waals surface area (Å²) in [6.45, 7) is 4.39. The number of rotatable bonds is 4. The van der Waals surface area contributed by atoms with Crippen molar-refractivity contribution in [2.24, 2.45) is 0 Å². The van der Waals surface area contributed by atoms with E-state index in [-0.39, 0.29) is 25.8 Å². The molecule has 21 heavy (non-hydrogen) atoms. The van der Waals surface area contributed by atoms with Gasteiger partial charge in [0, 0.05) is 40.1 Å². The molecule has 0 aliphatic heterocycles. The molecule has 2 rings (SSSR count). The van der Waals surface area contributed by atoms with Crippen molar-refractivity contribution in [2.45, 2.75) is 52.4 Å². The summed E-state index contributed by atoms with van der Waals surface area (Å²) in [7, 11) is 2.00. The zero-order valence-corrected chi connectivity index (χ0v) is 17.5. The van der Waals surface area contributed by atoms with Crippen molar-refractivity contribution in [2.75, 3.05) is 14.2 Å². The second-order valence-electron chi connectivity index (χ2n) is 4.12. The molecule has 0 fully saturated rings. The quantitative estimate of drug-likeness (QED) is 0.492. The van der Waals surface area contributed by atoms with E-state index in [9.17, 15) is 0 Å². The van der Waals surface area contributed by atoms with Crippen LogP contribution in [0.25, 0.3) is 0 Å². The average molecular weight is 457 g/mol. The number of allylic oxidation sites excluding steroid dienone is 8. The van der Waals surface area contributed by atoms with Crippen LogP contribution >= 0.6 is 0 Å². The Morgan fingerprint density at radius 3 is 1.33 bits per heavy atom. The zero-order chi connectivity index (χ0) is 15.6. The Hall–Kier alpha value is -0.250. The maximum atomic E-state index is 7.00. The molecule has 0 aromatic rings. The Morgan fingerprint density at radius 2 is 1.14 bits per heavy atom. The van der Waals surface area contributed by atoms with Crippen molar-refractivity contribution in [1.82, 2.24) is 0 Å². The zero-order valence-electron chi connectivity index (χ0n) is 13.9. The summed E-state index contributed by atoms with van der Waals surface area (Å²) in [5, 5.41) is 14.0. The molecule has 0 saturated carbocycles. The number of hydrogen-bond acceptors (Lipinski definition) is 2. The molecule has 3 heteroatoms. The van der Waals surface area contributed by atoms with Crippen molar-refractivity contribution in [3.05, 3.63) is 47.6 Å². The Kier molecular flexibility index (Phi) is 27.0. The fraction of sp³-hybridized carbons (Fsp3) is 0.556. The van der Waals surface area contributed by atoms with Gasteiger partial charge in [0.15, 0.2) is 0 Å². The summed E-state index contributed by atoms with van der Waals surface area (Å²) in [6.07, 6.45) is 22.2. The van der Waals surface area contributed by atoms with E-state index in [1.165, 1.54) is 36.8 Å². The SMILES string of the molecule is CCCC1=[C-]CC=C1.CCCC1=[C-]CC=C1.CO.CO.[Hf]. The van der Waals surface area contributed by atoms with Crippen LogP contribution in [0.3, 0.4) is 0 Å². The predicted octanol–water partition coefficient (Wildman–Crippen LogP) is 4.17. The van der Waals surface area contributed by atoms with E-state index in [1.807, 2.05) is 0 Å². The molecule has 0 heterocycles. The van der Waals surface area contributed by atoms with Crippen molar-refractivity contribution >= 4 is 0 Å². The minimum Gasteiger partial charge on any atom is -0.400 e. The molecule has 2 nitrogen and oxygen atoms in total. The van der Waals surface area contributed by atoms with Gasteiger partial charge in [0.25, 0.3) is 0 Å². The van der Waals surface area contributed by atoms with Gasteiger partial charge in [0.05, 0.1) is 0 Å². The topological polar surface area (TPSA) is 40.5 Å². The van der Waals surface area contributed by atoms with Gasteiger partial charge in [0.1, 0.15) is 0 Å². The van der Waals surface area contributed by atoms with Gasteiger partial charge in [-0.05, 0) is 0 Å². The summed E-state index contributed by atoms with van der Waals surface area (Å²) in [5.74, 6) is 0. The first kappa shape index (κ1) is 25.7. The molecule has 0 aromatic carbocycles. The van der Waals surface area contributed by atoms with Gasteiger partial charge in [-0.15, -0.1) is 12.8 Å². The number of aliphatic hydroxyl groups is 2. The van der Waals surface area contributed by atoms with Gasteiger partial charge in [-0.2, -0.15) is 12.2 Å². The molecule has 0 amide bonds. The van der Waals surface area contributed by atoms with Crippen LogP contribution in [0.1, 0.15) is 52.4 Å². The molecule has 0 bridgehead atoms. The number of hydrogen-bond donors (Lipinski definition) is 2. The first-order chi connectivity index (χ1) is 9.86. The third-order valence-corrected chi connectivity index (χ3v) is 2.57. The van der Waals surface area contributed by atoms with Crippen LogP contribution in [0.5, 0.6) is 0 Å². The first-order valence-electron chi connectivity index (χ1n) is 7.28. The Labute approximate surface area is 150 Å². The predicted molar refractivity (Wildman–Crippen MR) is 87.1 cm³/mol. The van der Waals surface area contributed by atoms with Crippen molar-refractivity contribution in [3.63, 3.8) is 0 Å². The molecule has 0 saturated heterocycles. The Balaban J connectivity index is -0.000000240. The van der Waals surface area contributed by atoms with Gasteiger partial charge in [-0.1, -0.05) is 39.5 Å². The Bertz CT molecular complexity index is 283. The van der Waals surface area contributed by atoms with Gasteiger partial charge >= 0.3 is 0 Å². The van der Waals surface area contributed by atoms with Crippen LogP contribution in [0.15, 0.2) is 35.5 Å². The largest absolute Gasteiger partial charge is 0.400 e. The Morgan fingerprint density at radius 1 is 0.810 bits per heavy atom. The van der Waals surface area contributed by atoms with Gasteiger partial charge < -0.3 is 10.2 Å². The van der Waals surface area contributed by atoms with Crippen LogP contribution in [-0.4, -0.2) is 24.4 Å². The van der Waals surface area contributed by atoms with Gasteiger partial charge in [0.2, 0.25) is 0 Å². The molecule has 0 unspecified atom stereocenters. The second-order valence-corrected chi connectivity index (χ2v) is 4.12. The van der Waals surface area contributed by atoms with Crippen LogP contribution in [0.4, 0.5) is 0 Å².